The molecule has 0 amide bonds. The highest BCUT2D eigenvalue weighted by Gasteiger charge is 2.60. The second kappa shape index (κ2) is 1.80. The highest BCUT2D eigenvalue weighted by Crippen LogP contribution is 2.57. The number of allylic oxidation sites excluding steroid dienone is 1. The largest absolute Gasteiger partial charge is 0.142 e. The lowest BCUT2D eigenvalue weighted by molar-refractivity contribution is 1.10. The summed E-state index contributed by atoms with van der Waals surface area (Å²) < 4.78 is -0.733. The van der Waals surface area contributed by atoms with E-state index >= 15 is 0 Å². The van der Waals surface area contributed by atoms with Crippen LogP contribution >= 0.6 is 34.8 Å². The third-order valence-corrected chi connectivity index (χ3v) is 3.09. The summed E-state index contributed by atoms with van der Waals surface area (Å²) in [6, 6.07) is 0. The number of rotatable bonds is 1. The molecule has 0 saturated heterocycles. The van der Waals surface area contributed by atoms with Crippen molar-refractivity contribution in [3.05, 3.63) is 12.7 Å². The van der Waals surface area contributed by atoms with Gasteiger partial charge in [0.25, 0.3) is 0 Å². The quantitative estimate of drug-likeness (QED) is 0.420. The molecule has 1 rings (SSSR count). The Bertz CT molecular complexity index is 119. The van der Waals surface area contributed by atoms with E-state index < -0.39 is 4.33 Å². The summed E-state index contributed by atoms with van der Waals surface area (Å²) in [7, 11) is 0. The molecule has 46 valence electrons. The molecule has 0 N–H and O–H groups in total. The summed E-state index contributed by atoms with van der Waals surface area (Å²) in [5.41, 5.74) is 0. The van der Waals surface area contributed by atoms with Crippen molar-refractivity contribution in [3.8, 4) is 0 Å². The van der Waals surface area contributed by atoms with Crippen molar-refractivity contribution in [1.29, 1.82) is 0 Å². The van der Waals surface area contributed by atoms with Gasteiger partial charge in [-0.25, -0.2) is 0 Å². The lowest BCUT2D eigenvalue weighted by atomic mass is 10.4. The van der Waals surface area contributed by atoms with Crippen LogP contribution < -0.4 is 0 Å². The molecule has 1 fully saturated rings. The number of hydrogen-bond donors (Lipinski definition) is 0. The van der Waals surface area contributed by atoms with Crippen molar-refractivity contribution in [1.82, 2.24) is 0 Å². The maximum Gasteiger partial charge on any atom is 0.142 e. The van der Waals surface area contributed by atoms with Gasteiger partial charge in [-0.15, -0.1) is 18.2 Å². The molecule has 0 spiro atoms. The summed E-state index contributed by atoms with van der Waals surface area (Å²) in [4.78, 5) is 0. The highest BCUT2D eigenvalue weighted by atomic mass is 35.5. The van der Waals surface area contributed by atoms with Crippen LogP contribution in [-0.4, -0.2) is 9.71 Å². The number of hydrogen-bond acceptors (Lipinski definition) is 0. The molecular weight excluding hydrogens is 166 g/mol. The minimum Gasteiger partial charge on any atom is -0.119 e. The molecule has 1 saturated carbocycles. The molecule has 3 heteroatoms. The van der Waals surface area contributed by atoms with Gasteiger partial charge in [0.2, 0.25) is 0 Å². The summed E-state index contributed by atoms with van der Waals surface area (Å²) in [5, 5.41) is -0.136. The predicted octanol–water partition coefficient (Wildman–Crippen LogP) is 2.58. The van der Waals surface area contributed by atoms with Crippen molar-refractivity contribution in [3.63, 3.8) is 0 Å². The zero-order chi connectivity index (χ0) is 6.36. The van der Waals surface area contributed by atoms with E-state index in [-0.39, 0.29) is 11.3 Å². The Kier molecular flexibility index (Phi) is 1.51. The van der Waals surface area contributed by atoms with Crippen molar-refractivity contribution >= 4 is 34.8 Å². The SMILES string of the molecule is C=CC1C(Cl)C1(Cl)Cl. The Morgan fingerprint density at radius 2 is 1.88 bits per heavy atom. The summed E-state index contributed by atoms with van der Waals surface area (Å²) >= 11 is 16.8. The number of halogens is 3. The molecule has 0 radical (unpaired) electrons. The van der Waals surface area contributed by atoms with Gasteiger partial charge in [0, 0.05) is 5.92 Å². The van der Waals surface area contributed by atoms with Gasteiger partial charge in [-0.1, -0.05) is 29.3 Å². The van der Waals surface area contributed by atoms with E-state index in [1.165, 1.54) is 0 Å². The second-order valence-corrected chi connectivity index (χ2v) is 3.75. The van der Waals surface area contributed by atoms with E-state index in [4.69, 9.17) is 34.8 Å². The van der Waals surface area contributed by atoms with Gasteiger partial charge in [-0.05, 0) is 0 Å². The Morgan fingerprint density at radius 3 is 1.88 bits per heavy atom. The first-order chi connectivity index (χ1) is 3.60. The minimum absolute atomic E-state index is 0.0764. The normalized spacial score (nSPS) is 41.4. The van der Waals surface area contributed by atoms with E-state index in [0.29, 0.717) is 0 Å². The van der Waals surface area contributed by atoms with Crippen molar-refractivity contribution < 1.29 is 0 Å². The van der Waals surface area contributed by atoms with Gasteiger partial charge in [-0.3, -0.25) is 0 Å². The topological polar surface area (TPSA) is 0 Å². The lowest BCUT2D eigenvalue weighted by Crippen LogP contribution is -1.86. The molecule has 0 aromatic carbocycles. The molecule has 0 aliphatic heterocycles. The van der Waals surface area contributed by atoms with Gasteiger partial charge in [0.15, 0.2) is 0 Å². The smallest absolute Gasteiger partial charge is 0.119 e. The van der Waals surface area contributed by atoms with Crippen LogP contribution in [0.5, 0.6) is 0 Å². The van der Waals surface area contributed by atoms with Gasteiger partial charge in [0.1, 0.15) is 4.33 Å². The third kappa shape index (κ3) is 0.754. The first-order valence-corrected chi connectivity index (χ1v) is 3.44. The van der Waals surface area contributed by atoms with Gasteiger partial charge < -0.3 is 0 Å². The van der Waals surface area contributed by atoms with E-state index in [1.54, 1.807) is 6.08 Å². The van der Waals surface area contributed by atoms with Crippen molar-refractivity contribution in [2.75, 3.05) is 0 Å². The molecule has 0 bridgehead atoms. The molecule has 2 atom stereocenters. The fraction of sp³-hybridized carbons (Fsp3) is 0.600. The maximum atomic E-state index is 5.62. The summed E-state index contributed by atoms with van der Waals surface area (Å²) in [6.45, 7) is 3.52. The second-order valence-electron chi connectivity index (χ2n) is 1.84. The van der Waals surface area contributed by atoms with Crippen LogP contribution in [0.1, 0.15) is 0 Å². The van der Waals surface area contributed by atoms with Crippen molar-refractivity contribution in [2.45, 2.75) is 9.71 Å². The van der Waals surface area contributed by atoms with Crippen LogP contribution in [0.4, 0.5) is 0 Å². The van der Waals surface area contributed by atoms with Crippen molar-refractivity contribution in [2.24, 2.45) is 5.92 Å². The standard InChI is InChI=1S/C5H5Cl3/c1-2-3-4(6)5(3,7)8/h2-4H,1H2. The fourth-order valence-corrected chi connectivity index (χ4v) is 1.67. The van der Waals surface area contributed by atoms with Crippen LogP contribution in [0.15, 0.2) is 12.7 Å². The highest BCUT2D eigenvalue weighted by molar-refractivity contribution is 6.56. The lowest BCUT2D eigenvalue weighted by Gasteiger charge is -1.86. The molecular formula is C5H5Cl3. The molecule has 0 aromatic heterocycles. The zero-order valence-corrected chi connectivity index (χ0v) is 6.34. The van der Waals surface area contributed by atoms with Crippen LogP contribution in [-0.2, 0) is 0 Å². The summed E-state index contributed by atoms with van der Waals surface area (Å²) in [5.74, 6) is 0.0764. The molecule has 8 heavy (non-hydrogen) atoms. The van der Waals surface area contributed by atoms with E-state index in [0.717, 1.165) is 0 Å². The summed E-state index contributed by atoms with van der Waals surface area (Å²) in [6.07, 6.45) is 1.68. The maximum absolute atomic E-state index is 5.62. The Hall–Kier alpha value is 0.610. The Balaban J connectivity index is 2.57. The number of alkyl halides is 3. The zero-order valence-electron chi connectivity index (χ0n) is 4.07. The molecule has 0 heterocycles. The Morgan fingerprint density at radius 1 is 1.50 bits per heavy atom. The van der Waals surface area contributed by atoms with Crippen LogP contribution in [0.2, 0.25) is 0 Å². The monoisotopic (exact) mass is 170 g/mol. The van der Waals surface area contributed by atoms with Gasteiger partial charge >= 0.3 is 0 Å². The average Bonchev–Trinajstić information content (AvgIpc) is 2.09. The third-order valence-electron chi connectivity index (χ3n) is 1.27. The molecule has 1 aliphatic carbocycles. The minimum atomic E-state index is -0.733. The first kappa shape index (κ1) is 6.73. The molecule has 0 nitrogen and oxygen atoms in total. The average molecular weight is 171 g/mol. The fourth-order valence-electron chi connectivity index (χ4n) is 0.588. The first-order valence-electron chi connectivity index (χ1n) is 2.25. The van der Waals surface area contributed by atoms with E-state index in [2.05, 4.69) is 6.58 Å². The molecule has 0 aromatic rings. The van der Waals surface area contributed by atoms with Crippen LogP contribution in [0.3, 0.4) is 0 Å². The van der Waals surface area contributed by atoms with Crippen LogP contribution in [0, 0.1) is 5.92 Å². The molecule has 2 unspecified atom stereocenters. The molecule has 1 aliphatic rings. The predicted molar refractivity (Wildman–Crippen MR) is 37.8 cm³/mol. The van der Waals surface area contributed by atoms with Gasteiger partial charge in [0.05, 0.1) is 5.38 Å². The Labute approximate surface area is 63.4 Å². The van der Waals surface area contributed by atoms with Gasteiger partial charge in [-0.2, -0.15) is 0 Å². The van der Waals surface area contributed by atoms with E-state index in [1.807, 2.05) is 0 Å². The van der Waals surface area contributed by atoms with E-state index in [9.17, 15) is 0 Å². The van der Waals surface area contributed by atoms with Crippen LogP contribution in [0.25, 0.3) is 0 Å².